The van der Waals surface area contributed by atoms with Crippen LogP contribution in [-0.2, 0) is 35.3 Å². The van der Waals surface area contributed by atoms with Gasteiger partial charge in [-0.1, -0.05) is 44.2 Å². The van der Waals surface area contributed by atoms with Crippen molar-refractivity contribution in [1.29, 1.82) is 0 Å². The molecule has 1 aliphatic heterocycles. The lowest BCUT2D eigenvalue weighted by Crippen LogP contribution is -2.59. The topological polar surface area (TPSA) is 152 Å². The van der Waals surface area contributed by atoms with E-state index in [4.69, 9.17) is 9.47 Å². The minimum atomic E-state index is -1.17. The molecule has 1 aliphatic rings. The maximum Gasteiger partial charge on any atom is 0.408 e. The molecule has 2 rings (SSSR count). The summed E-state index contributed by atoms with van der Waals surface area (Å²) >= 11 is 0. The van der Waals surface area contributed by atoms with Crippen LogP contribution in [0.3, 0.4) is 0 Å². The highest BCUT2D eigenvalue weighted by atomic mass is 16.6. The Morgan fingerprint density at radius 1 is 1.05 bits per heavy atom. The molecule has 0 radical (unpaired) electrons. The normalized spacial score (nSPS) is 18.2. The lowest BCUT2D eigenvalue weighted by molar-refractivity contribution is -0.136. The molecule has 1 saturated heterocycles. The molecule has 1 heterocycles. The van der Waals surface area contributed by atoms with Gasteiger partial charge < -0.3 is 35.5 Å². The van der Waals surface area contributed by atoms with Crippen molar-refractivity contribution < 1.29 is 33.4 Å². The predicted octanol–water partition coefficient (Wildman–Crippen LogP) is 2.23. The second-order valence-corrected chi connectivity index (χ2v) is 11.6. The number of nitrogens with one attached hydrogen (secondary N) is 4. The largest absolute Gasteiger partial charge is 0.445 e. The number of alkyl carbamates (subject to hydrolysis) is 1. The molecule has 1 aromatic rings. The van der Waals surface area contributed by atoms with Crippen molar-refractivity contribution in [3.8, 4) is 0 Å². The maximum atomic E-state index is 13.5. The van der Waals surface area contributed by atoms with Gasteiger partial charge in [0.05, 0.1) is 17.7 Å². The molecular formula is C29H44N4O7. The minimum absolute atomic E-state index is 0.0139. The highest BCUT2D eigenvalue weighted by molar-refractivity contribution is 5.92. The summed E-state index contributed by atoms with van der Waals surface area (Å²) in [7, 11) is 0. The van der Waals surface area contributed by atoms with Gasteiger partial charge in [0, 0.05) is 12.5 Å². The van der Waals surface area contributed by atoms with E-state index in [0.29, 0.717) is 19.3 Å². The van der Waals surface area contributed by atoms with Crippen molar-refractivity contribution in [2.75, 3.05) is 6.54 Å². The fraction of sp³-hybridized carbons (Fsp3) is 0.621. The van der Waals surface area contributed by atoms with Gasteiger partial charge in [-0.05, 0) is 58.4 Å². The van der Waals surface area contributed by atoms with Crippen molar-refractivity contribution in [3.63, 3.8) is 0 Å². The number of carbonyl (C=O) groups is 5. The second-order valence-electron chi connectivity index (χ2n) is 11.6. The standard InChI is InChI=1S/C29H44N4O7/c1-18(2)14-23(26(36)31-22(16-34)15-21-12-13-30-25(21)35)32-27(37)24(19(3)40-29(4,5)6)33-28(38)39-17-20-10-8-7-9-11-20/h7-11,16,18-19,21-24H,12-15,17H2,1-6H3,(H,30,35)(H,31,36)(H,32,37)(H,33,38)/t19?,21-,22-,23-,24-/m0/s1. The van der Waals surface area contributed by atoms with Crippen LogP contribution < -0.4 is 21.3 Å². The molecule has 222 valence electrons. The van der Waals surface area contributed by atoms with E-state index in [1.54, 1.807) is 6.92 Å². The average molecular weight is 561 g/mol. The monoisotopic (exact) mass is 560 g/mol. The molecular weight excluding hydrogens is 516 g/mol. The van der Waals surface area contributed by atoms with E-state index in [2.05, 4.69) is 21.3 Å². The van der Waals surface area contributed by atoms with Crippen molar-refractivity contribution in [2.24, 2.45) is 11.8 Å². The van der Waals surface area contributed by atoms with Crippen molar-refractivity contribution in [1.82, 2.24) is 21.3 Å². The predicted molar refractivity (Wildman–Crippen MR) is 149 cm³/mol. The van der Waals surface area contributed by atoms with E-state index in [0.717, 1.165) is 5.56 Å². The number of ether oxygens (including phenoxy) is 2. The zero-order chi connectivity index (χ0) is 29.9. The summed E-state index contributed by atoms with van der Waals surface area (Å²) in [5, 5.41) is 10.7. The fourth-order valence-electron chi connectivity index (χ4n) is 4.49. The van der Waals surface area contributed by atoms with Gasteiger partial charge in [-0.15, -0.1) is 0 Å². The number of benzene rings is 1. The molecule has 4 N–H and O–H groups in total. The summed E-state index contributed by atoms with van der Waals surface area (Å²) < 4.78 is 11.3. The van der Waals surface area contributed by atoms with Crippen LogP contribution in [0.1, 0.15) is 66.4 Å². The van der Waals surface area contributed by atoms with Crippen LogP contribution in [0.15, 0.2) is 30.3 Å². The zero-order valence-corrected chi connectivity index (χ0v) is 24.3. The lowest BCUT2D eigenvalue weighted by Gasteiger charge is -2.32. The van der Waals surface area contributed by atoms with Gasteiger partial charge in [0.2, 0.25) is 17.7 Å². The summed E-state index contributed by atoms with van der Waals surface area (Å²) in [5.74, 6) is -1.66. The van der Waals surface area contributed by atoms with E-state index in [9.17, 15) is 24.0 Å². The molecule has 0 spiro atoms. The first-order chi connectivity index (χ1) is 18.8. The number of rotatable bonds is 14. The Morgan fingerprint density at radius 2 is 1.73 bits per heavy atom. The maximum absolute atomic E-state index is 13.5. The van der Waals surface area contributed by atoms with Gasteiger partial charge in [0.25, 0.3) is 0 Å². The Morgan fingerprint density at radius 3 is 2.27 bits per heavy atom. The summed E-state index contributed by atoms with van der Waals surface area (Å²) in [6, 6.07) is 6.08. The Labute approximate surface area is 236 Å². The Hall–Kier alpha value is -3.47. The van der Waals surface area contributed by atoms with Crippen LogP contribution in [0.2, 0.25) is 0 Å². The summed E-state index contributed by atoms with van der Waals surface area (Å²) in [6.45, 7) is 11.5. The Kier molecular flexibility index (Phi) is 12.6. The first kappa shape index (κ1) is 32.7. The van der Waals surface area contributed by atoms with Gasteiger partial charge in [-0.2, -0.15) is 0 Å². The van der Waals surface area contributed by atoms with E-state index >= 15 is 0 Å². The molecule has 4 amide bonds. The number of carbonyl (C=O) groups excluding carboxylic acids is 5. The molecule has 1 unspecified atom stereocenters. The third-order valence-electron chi connectivity index (χ3n) is 6.31. The summed E-state index contributed by atoms with van der Waals surface area (Å²) in [5.41, 5.74) is 0.164. The molecule has 0 aromatic heterocycles. The lowest BCUT2D eigenvalue weighted by atomic mass is 9.97. The number of aldehydes is 1. The van der Waals surface area contributed by atoms with Gasteiger partial charge >= 0.3 is 6.09 Å². The number of amides is 4. The summed E-state index contributed by atoms with van der Waals surface area (Å²) in [6.07, 6.45) is 0.0726. The summed E-state index contributed by atoms with van der Waals surface area (Å²) in [4.78, 5) is 63.0. The molecule has 1 fully saturated rings. The Bertz CT molecular complexity index is 1010. The highest BCUT2D eigenvalue weighted by Crippen LogP contribution is 2.17. The molecule has 0 bridgehead atoms. The average Bonchev–Trinajstić information content (AvgIpc) is 3.28. The first-order valence-electron chi connectivity index (χ1n) is 13.8. The van der Waals surface area contributed by atoms with E-state index < -0.39 is 47.7 Å². The fourth-order valence-corrected chi connectivity index (χ4v) is 4.49. The molecule has 11 heteroatoms. The van der Waals surface area contributed by atoms with Crippen LogP contribution in [-0.4, -0.2) is 66.5 Å². The van der Waals surface area contributed by atoms with E-state index in [1.165, 1.54) is 0 Å². The van der Waals surface area contributed by atoms with Crippen molar-refractivity contribution >= 4 is 30.1 Å². The third kappa shape index (κ3) is 11.3. The van der Waals surface area contributed by atoms with Crippen LogP contribution >= 0.6 is 0 Å². The van der Waals surface area contributed by atoms with Crippen molar-refractivity contribution in [2.45, 2.75) is 97.2 Å². The van der Waals surface area contributed by atoms with Gasteiger partial charge in [0.1, 0.15) is 25.0 Å². The third-order valence-corrected chi connectivity index (χ3v) is 6.31. The van der Waals surface area contributed by atoms with Crippen LogP contribution in [0, 0.1) is 11.8 Å². The molecule has 1 aromatic carbocycles. The Balaban J connectivity index is 2.13. The quantitative estimate of drug-likeness (QED) is 0.255. The zero-order valence-electron chi connectivity index (χ0n) is 24.3. The second kappa shape index (κ2) is 15.4. The first-order valence-corrected chi connectivity index (χ1v) is 13.8. The highest BCUT2D eigenvalue weighted by Gasteiger charge is 2.35. The van der Waals surface area contributed by atoms with Crippen LogP contribution in [0.4, 0.5) is 4.79 Å². The van der Waals surface area contributed by atoms with E-state index in [1.807, 2.05) is 65.0 Å². The molecule has 40 heavy (non-hydrogen) atoms. The molecule has 0 aliphatic carbocycles. The van der Waals surface area contributed by atoms with Gasteiger partial charge in [0.15, 0.2) is 0 Å². The minimum Gasteiger partial charge on any atom is -0.445 e. The number of hydrogen-bond acceptors (Lipinski definition) is 7. The molecule has 5 atom stereocenters. The van der Waals surface area contributed by atoms with Gasteiger partial charge in [-0.25, -0.2) is 4.79 Å². The smallest absolute Gasteiger partial charge is 0.408 e. The van der Waals surface area contributed by atoms with Gasteiger partial charge in [-0.3, -0.25) is 14.4 Å². The molecule has 11 nitrogen and oxygen atoms in total. The molecule has 0 saturated carbocycles. The number of hydrogen-bond donors (Lipinski definition) is 4. The van der Waals surface area contributed by atoms with E-state index in [-0.39, 0.29) is 37.2 Å². The van der Waals surface area contributed by atoms with Crippen LogP contribution in [0.25, 0.3) is 0 Å². The van der Waals surface area contributed by atoms with Crippen LogP contribution in [0.5, 0.6) is 0 Å². The van der Waals surface area contributed by atoms with Crippen molar-refractivity contribution in [3.05, 3.63) is 35.9 Å². The SMILES string of the molecule is CC(C)C[C@H](NC(=O)[C@@H](NC(=O)OCc1ccccc1)C(C)OC(C)(C)C)C(=O)N[C@H](C=O)C[C@@H]1CCNC1=O.